The molecule has 2 N–H and O–H groups in total. The number of ether oxygens (including phenoxy) is 2. The second-order valence-corrected chi connectivity index (χ2v) is 9.14. The second-order valence-electron chi connectivity index (χ2n) is 7.91. The summed E-state index contributed by atoms with van der Waals surface area (Å²) in [6.07, 6.45) is 5.00. The molecule has 0 saturated carbocycles. The summed E-state index contributed by atoms with van der Waals surface area (Å²) in [7, 11) is 3.16. The molecule has 0 fully saturated rings. The molecule has 0 atom stereocenters. The number of anilines is 1. The van der Waals surface area contributed by atoms with E-state index in [0.717, 1.165) is 34.7 Å². The molecule has 0 aliphatic carbocycles. The van der Waals surface area contributed by atoms with Crippen molar-refractivity contribution in [3.63, 3.8) is 0 Å². The lowest BCUT2D eigenvalue weighted by Crippen LogP contribution is -2.25. The first-order valence-corrected chi connectivity index (χ1v) is 12.2. The van der Waals surface area contributed by atoms with Gasteiger partial charge in [-0.2, -0.15) is 5.10 Å². The van der Waals surface area contributed by atoms with Gasteiger partial charge in [-0.05, 0) is 35.4 Å². The number of aromatic nitrogens is 4. The Hall–Kier alpha value is -3.27. The molecule has 9 nitrogen and oxygen atoms in total. The minimum Gasteiger partial charge on any atom is -0.493 e. The molecule has 3 rings (SSSR count). The van der Waals surface area contributed by atoms with Crippen LogP contribution in [0.25, 0.3) is 17.1 Å². The number of amides is 1. The fourth-order valence-corrected chi connectivity index (χ4v) is 3.77. The Bertz CT molecular complexity index is 1150. The summed E-state index contributed by atoms with van der Waals surface area (Å²) in [5, 5.41) is 12.4. The van der Waals surface area contributed by atoms with Gasteiger partial charge in [-0.3, -0.25) is 4.79 Å². The number of nitrogens with zero attached hydrogens (tertiary/aromatic N) is 4. The average molecular weight is 485 g/mol. The summed E-state index contributed by atoms with van der Waals surface area (Å²) in [5.41, 5.74) is 1.59. The maximum atomic E-state index is 12.3. The van der Waals surface area contributed by atoms with Gasteiger partial charge in [-0.25, -0.2) is 14.6 Å². The van der Waals surface area contributed by atoms with E-state index >= 15 is 0 Å². The number of methoxy groups -OCH3 is 2. The first-order valence-electron chi connectivity index (χ1n) is 11.2. The highest BCUT2D eigenvalue weighted by molar-refractivity contribution is 7.99. The van der Waals surface area contributed by atoms with Crippen molar-refractivity contribution in [2.75, 3.05) is 38.4 Å². The van der Waals surface area contributed by atoms with Crippen molar-refractivity contribution in [1.82, 2.24) is 25.1 Å². The van der Waals surface area contributed by atoms with Crippen LogP contribution in [-0.4, -0.2) is 58.7 Å². The van der Waals surface area contributed by atoms with E-state index in [1.54, 1.807) is 49.0 Å². The lowest BCUT2D eigenvalue weighted by molar-refractivity contribution is -0.116. The molecule has 3 aromatic rings. The Morgan fingerprint density at radius 3 is 2.71 bits per heavy atom. The number of nitrogens with one attached hydrogen (secondary N) is 2. The summed E-state index contributed by atoms with van der Waals surface area (Å²) >= 11 is 1.59. The zero-order valence-electron chi connectivity index (χ0n) is 20.3. The highest BCUT2D eigenvalue weighted by atomic mass is 32.2. The normalized spacial score (nSPS) is 11.4. The summed E-state index contributed by atoms with van der Waals surface area (Å²) in [6, 6.07) is 5.48. The highest BCUT2D eigenvalue weighted by Crippen LogP contribution is 2.28. The molecule has 0 saturated heterocycles. The van der Waals surface area contributed by atoms with Crippen LogP contribution in [0, 0.1) is 5.92 Å². The van der Waals surface area contributed by atoms with Crippen molar-refractivity contribution in [2.45, 2.75) is 32.5 Å². The smallest absolute Gasteiger partial charge is 0.244 e. The molecule has 34 heavy (non-hydrogen) atoms. The van der Waals surface area contributed by atoms with Gasteiger partial charge in [0.05, 0.1) is 32.3 Å². The Kier molecular flexibility index (Phi) is 9.15. The van der Waals surface area contributed by atoms with Crippen LogP contribution in [0.15, 0.2) is 35.6 Å². The number of carbonyl (C=O) groups excluding carboxylic acids is 1. The fraction of sp³-hybridized carbons (Fsp3) is 0.417. The van der Waals surface area contributed by atoms with Gasteiger partial charge in [-0.15, -0.1) is 0 Å². The maximum Gasteiger partial charge on any atom is 0.244 e. The summed E-state index contributed by atoms with van der Waals surface area (Å²) in [5.74, 6) is 3.23. The van der Waals surface area contributed by atoms with Gasteiger partial charge in [-0.1, -0.05) is 38.6 Å². The Morgan fingerprint density at radius 2 is 2.00 bits per heavy atom. The first-order chi connectivity index (χ1) is 16.4. The van der Waals surface area contributed by atoms with E-state index in [1.807, 2.05) is 12.1 Å². The summed E-state index contributed by atoms with van der Waals surface area (Å²) < 4.78 is 12.3. The van der Waals surface area contributed by atoms with Crippen molar-refractivity contribution in [1.29, 1.82) is 0 Å². The van der Waals surface area contributed by atoms with Gasteiger partial charge in [0.2, 0.25) is 5.91 Å². The molecule has 10 heteroatoms. The van der Waals surface area contributed by atoms with Crippen molar-refractivity contribution in [3.05, 3.63) is 36.0 Å². The van der Waals surface area contributed by atoms with E-state index in [2.05, 4.69) is 46.5 Å². The average Bonchev–Trinajstić information content (AvgIpc) is 3.24. The number of thioether (sulfide) groups is 1. The number of rotatable bonds is 12. The summed E-state index contributed by atoms with van der Waals surface area (Å²) in [4.78, 5) is 21.6. The number of benzene rings is 1. The van der Waals surface area contributed by atoms with E-state index in [0.29, 0.717) is 35.7 Å². The van der Waals surface area contributed by atoms with Crippen LogP contribution in [0.1, 0.15) is 26.3 Å². The molecular weight excluding hydrogens is 452 g/mol. The molecule has 182 valence electrons. The number of fused-ring (bicyclic) bond motifs is 1. The first kappa shape index (κ1) is 25.4. The van der Waals surface area contributed by atoms with Crippen molar-refractivity contribution in [3.8, 4) is 11.5 Å². The Balaban J connectivity index is 1.64. The van der Waals surface area contributed by atoms with Crippen LogP contribution in [0.2, 0.25) is 0 Å². The van der Waals surface area contributed by atoms with Crippen LogP contribution in [0.4, 0.5) is 5.82 Å². The number of hydrogen-bond donors (Lipinski definition) is 2. The van der Waals surface area contributed by atoms with E-state index in [1.165, 1.54) is 6.08 Å². The third-order valence-electron chi connectivity index (χ3n) is 4.88. The molecule has 1 aromatic carbocycles. The lowest BCUT2D eigenvalue weighted by atomic mass is 10.2. The largest absolute Gasteiger partial charge is 0.493 e. The van der Waals surface area contributed by atoms with Crippen LogP contribution < -0.4 is 20.1 Å². The zero-order valence-corrected chi connectivity index (χ0v) is 21.1. The highest BCUT2D eigenvalue weighted by Gasteiger charge is 2.13. The van der Waals surface area contributed by atoms with Gasteiger partial charge in [0.25, 0.3) is 0 Å². The minimum atomic E-state index is -0.192. The van der Waals surface area contributed by atoms with Crippen LogP contribution in [-0.2, 0) is 11.3 Å². The molecule has 0 bridgehead atoms. The zero-order chi connectivity index (χ0) is 24.5. The summed E-state index contributed by atoms with van der Waals surface area (Å²) in [6.45, 7) is 8.10. The number of carbonyl (C=O) groups is 1. The minimum absolute atomic E-state index is 0.192. The van der Waals surface area contributed by atoms with Crippen LogP contribution in [0.5, 0.6) is 11.5 Å². The number of hydrogen-bond acceptors (Lipinski definition) is 8. The predicted molar refractivity (Wildman–Crippen MR) is 137 cm³/mol. The van der Waals surface area contributed by atoms with Gasteiger partial charge in [0, 0.05) is 19.2 Å². The molecule has 0 radical (unpaired) electrons. The monoisotopic (exact) mass is 484 g/mol. The second kappa shape index (κ2) is 12.3. The molecule has 0 unspecified atom stereocenters. The molecule has 1 amide bonds. The van der Waals surface area contributed by atoms with Crippen molar-refractivity contribution >= 4 is 40.6 Å². The third kappa shape index (κ3) is 6.63. The molecule has 0 aliphatic rings. The van der Waals surface area contributed by atoms with Crippen LogP contribution in [0.3, 0.4) is 0 Å². The lowest BCUT2D eigenvalue weighted by Gasteiger charge is -2.11. The van der Waals surface area contributed by atoms with Crippen molar-refractivity contribution < 1.29 is 14.3 Å². The van der Waals surface area contributed by atoms with Gasteiger partial charge in [0.1, 0.15) is 5.82 Å². The quantitative estimate of drug-likeness (QED) is 0.227. The Labute approximate surface area is 204 Å². The molecular formula is C24H32N6O3S. The molecule has 2 heterocycles. The maximum absolute atomic E-state index is 12.3. The SMILES string of the molecule is CCSc1nc(NCC(C)C)c2cnn(CCNC(=O)C=Cc3ccc(OC)c(OC)c3)c2n1. The van der Waals surface area contributed by atoms with Crippen LogP contribution >= 0.6 is 11.8 Å². The third-order valence-corrected chi connectivity index (χ3v) is 5.61. The van der Waals surface area contributed by atoms with Gasteiger partial charge < -0.3 is 20.1 Å². The molecule has 0 spiro atoms. The van der Waals surface area contributed by atoms with E-state index in [4.69, 9.17) is 9.47 Å². The van der Waals surface area contributed by atoms with Crippen molar-refractivity contribution in [2.24, 2.45) is 5.92 Å². The van der Waals surface area contributed by atoms with Gasteiger partial charge >= 0.3 is 0 Å². The molecule has 0 aliphatic heterocycles. The van der Waals surface area contributed by atoms with Gasteiger partial charge in [0.15, 0.2) is 22.3 Å². The van der Waals surface area contributed by atoms with E-state index in [9.17, 15) is 4.79 Å². The Morgan fingerprint density at radius 1 is 1.21 bits per heavy atom. The van der Waals surface area contributed by atoms with E-state index < -0.39 is 0 Å². The van der Waals surface area contributed by atoms with E-state index in [-0.39, 0.29) is 5.91 Å². The predicted octanol–water partition coefficient (Wildman–Crippen LogP) is 3.85. The topological polar surface area (TPSA) is 103 Å². The molecule has 2 aromatic heterocycles. The fourth-order valence-electron chi connectivity index (χ4n) is 3.20. The standard InChI is InChI=1S/C24H32N6O3S/c1-6-34-24-28-22(26-14-16(2)3)18-15-27-30(23(18)29-24)12-11-25-21(31)10-8-17-7-9-19(32-4)20(13-17)33-5/h7-10,13,15-16H,6,11-12,14H2,1-5H3,(H,25,31)(H,26,28,29).